The molecule has 16 heavy (non-hydrogen) atoms. The van der Waals surface area contributed by atoms with Crippen LogP contribution in [0.4, 0.5) is 0 Å². The third-order valence-corrected chi connectivity index (χ3v) is 4.12. The molecular formula is C13H28N2O. The Morgan fingerprint density at radius 3 is 2.38 bits per heavy atom. The van der Waals surface area contributed by atoms with Gasteiger partial charge in [-0.15, -0.1) is 0 Å². The molecular weight excluding hydrogens is 200 g/mol. The molecule has 0 heterocycles. The fraction of sp³-hybridized carbons (Fsp3) is 1.00. The number of likely N-dealkylation sites (N-methyl/N-ethyl adjacent to an activating group) is 1. The van der Waals surface area contributed by atoms with Crippen molar-refractivity contribution in [3.63, 3.8) is 0 Å². The Morgan fingerprint density at radius 1 is 1.44 bits per heavy atom. The van der Waals surface area contributed by atoms with Gasteiger partial charge in [0.05, 0.1) is 12.1 Å². The second kappa shape index (κ2) is 5.99. The van der Waals surface area contributed by atoms with Crippen molar-refractivity contribution >= 4 is 0 Å². The summed E-state index contributed by atoms with van der Waals surface area (Å²) in [4.78, 5) is 2.56. The molecule has 0 saturated heterocycles. The van der Waals surface area contributed by atoms with Gasteiger partial charge in [-0.05, 0) is 38.6 Å². The molecule has 0 bridgehead atoms. The number of rotatable bonds is 8. The molecule has 3 heteroatoms. The summed E-state index contributed by atoms with van der Waals surface area (Å²) >= 11 is 0. The number of hydrogen-bond donors (Lipinski definition) is 1. The molecule has 1 rings (SSSR count). The van der Waals surface area contributed by atoms with Crippen molar-refractivity contribution in [3.05, 3.63) is 0 Å². The molecule has 1 aliphatic rings. The lowest BCUT2D eigenvalue weighted by molar-refractivity contribution is -0.0206. The van der Waals surface area contributed by atoms with Gasteiger partial charge in [0.15, 0.2) is 0 Å². The normalized spacial score (nSPS) is 22.1. The van der Waals surface area contributed by atoms with Gasteiger partial charge in [0.1, 0.15) is 0 Å². The minimum Gasteiger partial charge on any atom is -0.383 e. The quantitative estimate of drug-likeness (QED) is 0.689. The van der Waals surface area contributed by atoms with E-state index in [1.54, 1.807) is 7.11 Å². The largest absolute Gasteiger partial charge is 0.383 e. The van der Waals surface area contributed by atoms with Gasteiger partial charge in [-0.25, -0.2) is 0 Å². The highest BCUT2D eigenvalue weighted by molar-refractivity contribution is 5.04. The molecule has 0 spiro atoms. The molecule has 0 radical (unpaired) electrons. The van der Waals surface area contributed by atoms with Crippen LogP contribution in [0, 0.1) is 5.92 Å². The summed E-state index contributed by atoms with van der Waals surface area (Å²) in [6.45, 7) is 9.32. The van der Waals surface area contributed by atoms with Gasteiger partial charge in [0.25, 0.3) is 0 Å². The lowest BCUT2D eigenvalue weighted by atomic mass is 9.89. The van der Waals surface area contributed by atoms with Crippen molar-refractivity contribution in [3.8, 4) is 0 Å². The molecule has 0 aliphatic heterocycles. The molecule has 1 saturated carbocycles. The Hall–Kier alpha value is -0.120. The van der Waals surface area contributed by atoms with E-state index in [0.29, 0.717) is 12.6 Å². The predicted molar refractivity (Wildman–Crippen MR) is 68.5 cm³/mol. The Kier molecular flexibility index (Phi) is 5.22. The molecule has 1 aliphatic carbocycles. The van der Waals surface area contributed by atoms with Gasteiger partial charge in [0, 0.05) is 19.7 Å². The summed E-state index contributed by atoms with van der Waals surface area (Å²) in [7, 11) is 1.79. The monoisotopic (exact) mass is 228 g/mol. The van der Waals surface area contributed by atoms with Gasteiger partial charge < -0.3 is 10.5 Å². The summed E-state index contributed by atoms with van der Waals surface area (Å²) < 4.78 is 5.46. The fourth-order valence-corrected chi connectivity index (χ4v) is 2.93. The lowest BCUT2D eigenvalue weighted by Gasteiger charge is -2.46. The summed E-state index contributed by atoms with van der Waals surface area (Å²) in [5.41, 5.74) is 6.16. The van der Waals surface area contributed by atoms with E-state index in [1.165, 1.54) is 19.3 Å². The van der Waals surface area contributed by atoms with E-state index in [-0.39, 0.29) is 5.54 Å². The highest BCUT2D eigenvalue weighted by Gasteiger charge is 2.48. The Bertz CT molecular complexity index is 206. The second-order valence-corrected chi connectivity index (χ2v) is 5.06. The van der Waals surface area contributed by atoms with Crippen LogP contribution < -0.4 is 5.73 Å². The number of hydrogen-bond acceptors (Lipinski definition) is 3. The van der Waals surface area contributed by atoms with Crippen LogP contribution in [0.25, 0.3) is 0 Å². The van der Waals surface area contributed by atoms with Crippen LogP contribution >= 0.6 is 0 Å². The number of ether oxygens (including phenoxy) is 1. The SMILES string of the molecule is CCC(C)N(CC)C(CN)(COC)C1CC1. The van der Waals surface area contributed by atoms with Crippen molar-refractivity contribution in [1.82, 2.24) is 4.90 Å². The zero-order valence-corrected chi connectivity index (χ0v) is 11.3. The van der Waals surface area contributed by atoms with E-state index in [4.69, 9.17) is 10.5 Å². The van der Waals surface area contributed by atoms with E-state index < -0.39 is 0 Å². The van der Waals surface area contributed by atoms with Crippen molar-refractivity contribution < 1.29 is 4.74 Å². The number of nitrogens with zero attached hydrogens (tertiary/aromatic N) is 1. The molecule has 3 nitrogen and oxygen atoms in total. The van der Waals surface area contributed by atoms with Gasteiger partial charge in [-0.1, -0.05) is 13.8 Å². The highest BCUT2D eigenvalue weighted by atomic mass is 16.5. The standard InChI is InChI=1S/C13H28N2O/c1-5-11(3)15(6-2)13(9-14,10-16-4)12-7-8-12/h11-12H,5-10,14H2,1-4H3. The molecule has 96 valence electrons. The average Bonchev–Trinajstić information content (AvgIpc) is 3.12. The van der Waals surface area contributed by atoms with Crippen LogP contribution in [-0.4, -0.2) is 43.3 Å². The van der Waals surface area contributed by atoms with Crippen LogP contribution in [0.1, 0.15) is 40.0 Å². The van der Waals surface area contributed by atoms with E-state index in [1.807, 2.05) is 0 Å². The van der Waals surface area contributed by atoms with Gasteiger partial charge in [-0.2, -0.15) is 0 Å². The first-order valence-electron chi connectivity index (χ1n) is 6.62. The maximum atomic E-state index is 6.08. The average molecular weight is 228 g/mol. The highest BCUT2D eigenvalue weighted by Crippen LogP contribution is 2.43. The summed E-state index contributed by atoms with van der Waals surface area (Å²) in [5.74, 6) is 0.742. The van der Waals surface area contributed by atoms with E-state index in [9.17, 15) is 0 Å². The van der Waals surface area contributed by atoms with Crippen molar-refractivity contribution in [2.75, 3.05) is 26.8 Å². The van der Waals surface area contributed by atoms with Gasteiger partial charge >= 0.3 is 0 Å². The Labute approximate surface area is 100 Å². The molecule has 0 aromatic rings. The molecule has 2 atom stereocenters. The van der Waals surface area contributed by atoms with Gasteiger partial charge in [0.2, 0.25) is 0 Å². The molecule has 0 amide bonds. The maximum absolute atomic E-state index is 6.08. The first-order valence-corrected chi connectivity index (χ1v) is 6.62. The van der Waals surface area contributed by atoms with E-state index in [0.717, 1.165) is 19.1 Å². The van der Waals surface area contributed by atoms with Crippen molar-refractivity contribution in [2.45, 2.75) is 51.6 Å². The van der Waals surface area contributed by atoms with Crippen LogP contribution in [0.2, 0.25) is 0 Å². The van der Waals surface area contributed by atoms with E-state index >= 15 is 0 Å². The topological polar surface area (TPSA) is 38.5 Å². The van der Waals surface area contributed by atoms with Crippen LogP contribution in [0.15, 0.2) is 0 Å². The van der Waals surface area contributed by atoms with Crippen LogP contribution in [-0.2, 0) is 4.74 Å². The lowest BCUT2D eigenvalue weighted by Crippen LogP contribution is -2.61. The number of nitrogens with two attached hydrogens (primary N) is 1. The van der Waals surface area contributed by atoms with Crippen molar-refractivity contribution in [2.24, 2.45) is 11.7 Å². The summed E-state index contributed by atoms with van der Waals surface area (Å²) in [6.07, 6.45) is 3.80. The van der Waals surface area contributed by atoms with E-state index in [2.05, 4.69) is 25.7 Å². The molecule has 1 fully saturated rings. The van der Waals surface area contributed by atoms with Gasteiger partial charge in [-0.3, -0.25) is 4.90 Å². The van der Waals surface area contributed by atoms with Crippen LogP contribution in [0.5, 0.6) is 0 Å². The first-order chi connectivity index (χ1) is 7.66. The minimum absolute atomic E-state index is 0.0823. The third kappa shape index (κ3) is 2.58. The Balaban J connectivity index is 2.86. The third-order valence-electron chi connectivity index (χ3n) is 4.12. The predicted octanol–water partition coefficient (Wildman–Crippen LogP) is 1.86. The molecule has 2 N–H and O–H groups in total. The maximum Gasteiger partial charge on any atom is 0.0661 e. The smallest absolute Gasteiger partial charge is 0.0661 e. The second-order valence-electron chi connectivity index (χ2n) is 5.06. The first kappa shape index (κ1) is 13.9. The minimum atomic E-state index is 0.0823. The summed E-state index contributed by atoms with van der Waals surface area (Å²) in [6, 6.07) is 0.587. The zero-order valence-electron chi connectivity index (χ0n) is 11.3. The van der Waals surface area contributed by atoms with Crippen LogP contribution in [0.3, 0.4) is 0 Å². The Morgan fingerprint density at radius 2 is 2.06 bits per heavy atom. The number of methoxy groups -OCH3 is 1. The molecule has 0 aromatic heterocycles. The zero-order chi connectivity index (χ0) is 12.2. The molecule has 0 aromatic carbocycles. The van der Waals surface area contributed by atoms with Crippen molar-refractivity contribution in [1.29, 1.82) is 0 Å². The summed E-state index contributed by atoms with van der Waals surface area (Å²) in [5, 5.41) is 0. The molecule has 2 unspecified atom stereocenters. The fourth-order valence-electron chi connectivity index (χ4n) is 2.93.